The van der Waals surface area contributed by atoms with Gasteiger partial charge in [-0.15, -0.1) is 0 Å². The first-order valence-corrected chi connectivity index (χ1v) is 7.10. The molecule has 0 saturated heterocycles. The highest BCUT2D eigenvalue weighted by atomic mass is 16.5. The second-order valence-corrected chi connectivity index (χ2v) is 4.87. The van der Waals surface area contributed by atoms with Crippen LogP contribution in [0.2, 0.25) is 0 Å². The summed E-state index contributed by atoms with van der Waals surface area (Å²) >= 11 is 0. The van der Waals surface area contributed by atoms with Gasteiger partial charge in [0.1, 0.15) is 17.4 Å². The smallest absolute Gasteiger partial charge is 0.203 e. The number of rotatable bonds is 5. The van der Waals surface area contributed by atoms with Crippen LogP contribution in [-0.2, 0) is 0 Å². The highest BCUT2D eigenvalue weighted by Gasteiger charge is 2.12. The van der Waals surface area contributed by atoms with Crippen LogP contribution in [-0.4, -0.2) is 12.4 Å². The van der Waals surface area contributed by atoms with E-state index in [1.165, 1.54) is 0 Å². The summed E-state index contributed by atoms with van der Waals surface area (Å²) in [5.41, 5.74) is 2.39. The van der Waals surface area contributed by atoms with Crippen LogP contribution in [0, 0.1) is 18.3 Å². The molecule has 0 bridgehead atoms. The van der Waals surface area contributed by atoms with Gasteiger partial charge in [0.2, 0.25) is 5.78 Å². The number of allylic oxidation sites excluding steroid dienone is 1. The lowest BCUT2D eigenvalue weighted by Crippen LogP contribution is -2.02. The minimum Gasteiger partial charge on any atom is -0.494 e. The van der Waals surface area contributed by atoms with E-state index in [0.29, 0.717) is 12.2 Å². The standard InChI is InChI=1S/C19H17NO2/c1-3-22-18-9-5-7-15(12-18)11-17(13-20)19(21)16-8-4-6-14(2)10-16/h4-12H,3H2,1-2H3. The Kier molecular flexibility index (Phi) is 5.11. The predicted molar refractivity (Wildman–Crippen MR) is 86.7 cm³/mol. The van der Waals surface area contributed by atoms with E-state index in [-0.39, 0.29) is 11.4 Å². The molecular weight excluding hydrogens is 274 g/mol. The van der Waals surface area contributed by atoms with Gasteiger partial charge in [-0.1, -0.05) is 35.9 Å². The SMILES string of the molecule is CCOc1cccc(C=C(C#N)C(=O)c2cccc(C)c2)c1. The van der Waals surface area contributed by atoms with Crippen molar-refractivity contribution in [3.05, 3.63) is 70.8 Å². The zero-order valence-corrected chi connectivity index (χ0v) is 12.7. The lowest BCUT2D eigenvalue weighted by atomic mass is 10.0. The number of hydrogen-bond acceptors (Lipinski definition) is 3. The number of benzene rings is 2. The summed E-state index contributed by atoms with van der Waals surface area (Å²) in [6.07, 6.45) is 1.59. The molecule has 0 aliphatic rings. The molecule has 0 aliphatic heterocycles. The molecule has 2 rings (SSSR count). The van der Waals surface area contributed by atoms with Crippen molar-refractivity contribution >= 4 is 11.9 Å². The molecule has 0 amide bonds. The molecular formula is C19H17NO2. The maximum atomic E-state index is 12.4. The molecule has 0 fully saturated rings. The van der Waals surface area contributed by atoms with E-state index in [1.807, 2.05) is 56.3 Å². The summed E-state index contributed by atoms with van der Waals surface area (Å²) in [5.74, 6) is 0.449. The molecule has 0 spiro atoms. The Bertz CT molecular complexity index is 754. The van der Waals surface area contributed by atoms with E-state index in [2.05, 4.69) is 0 Å². The fraction of sp³-hybridized carbons (Fsp3) is 0.158. The van der Waals surface area contributed by atoms with E-state index in [1.54, 1.807) is 18.2 Å². The third-order valence-corrected chi connectivity index (χ3v) is 3.13. The maximum absolute atomic E-state index is 12.4. The normalized spacial score (nSPS) is 10.9. The third kappa shape index (κ3) is 3.83. The summed E-state index contributed by atoms with van der Waals surface area (Å²) in [4.78, 5) is 12.4. The average Bonchev–Trinajstić information content (AvgIpc) is 2.53. The topological polar surface area (TPSA) is 50.1 Å². The Morgan fingerprint density at radius 1 is 1.23 bits per heavy atom. The van der Waals surface area contributed by atoms with Crippen molar-refractivity contribution < 1.29 is 9.53 Å². The van der Waals surface area contributed by atoms with Gasteiger partial charge in [0.25, 0.3) is 0 Å². The highest BCUT2D eigenvalue weighted by molar-refractivity contribution is 6.14. The summed E-state index contributed by atoms with van der Waals surface area (Å²) in [5, 5.41) is 9.29. The minimum atomic E-state index is -0.270. The van der Waals surface area contributed by atoms with Crippen LogP contribution < -0.4 is 4.74 Å². The second kappa shape index (κ2) is 7.24. The lowest BCUT2D eigenvalue weighted by molar-refractivity contribution is 0.104. The molecule has 0 radical (unpaired) electrons. The highest BCUT2D eigenvalue weighted by Crippen LogP contribution is 2.18. The monoisotopic (exact) mass is 291 g/mol. The van der Waals surface area contributed by atoms with Gasteiger partial charge in [0.05, 0.1) is 6.61 Å². The number of carbonyl (C=O) groups excluding carboxylic acids is 1. The van der Waals surface area contributed by atoms with Crippen molar-refractivity contribution in [3.8, 4) is 11.8 Å². The Labute approximate surface area is 130 Å². The summed E-state index contributed by atoms with van der Waals surface area (Å²) < 4.78 is 5.43. The number of ketones is 1. The molecule has 110 valence electrons. The van der Waals surface area contributed by atoms with Crippen molar-refractivity contribution in [2.75, 3.05) is 6.61 Å². The Morgan fingerprint density at radius 2 is 2.00 bits per heavy atom. The van der Waals surface area contributed by atoms with Gasteiger partial charge < -0.3 is 4.74 Å². The minimum absolute atomic E-state index is 0.110. The van der Waals surface area contributed by atoms with Gasteiger partial charge in [-0.3, -0.25) is 4.79 Å². The molecule has 2 aromatic carbocycles. The number of nitriles is 1. The van der Waals surface area contributed by atoms with Crippen LogP contribution in [0.25, 0.3) is 6.08 Å². The van der Waals surface area contributed by atoms with Gasteiger partial charge in [0.15, 0.2) is 0 Å². The number of carbonyl (C=O) groups is 1. The zero-order chi connectivity index (χ0) is 15.9. The largest absolute Gasteiger partial charge is 0.494 e. The summed E-state index contributed by atoms with van der Waals surface area (Å²) in [6.45, 7) is 4.39. The van der Waals surface area contributed by atoms with Crippen LogP contribution >= 0.6 is 0 Å². The number of ether oxygens (including phenoxy) is 1. The van der Waals surface area contributed by atoms with Gasteiger partial charge in [-0.2, -0.15) is 5.26 Å². The van der Waals surface area contributed by atoms with Crippen molar-refractivity contribution in [1.82, 2.24) is 0 Å². The number of hydrogen-bond donors (Lipinski definition) is 0. The number of nitrogens with zero attached hydrogens (tertiary/aromatic N) is 1. The molecule has 2 aromatic rings. The molecule has 3 heteroatoms. The predicted octanol–water partition coefficient (Wildman–Crippen LogP) is 4.18. The number of Topliss-reactive ketones (excluding diaryl/α,β-unsaturated/α-hetero) is 1. The lowest BCUT2D eigenvalue weighted by Gasteiger charge is -2.04. The van der Waals surface area contributed by atoms with E-state index < -0.39 is 0 Å². The molecule has 0 unspecified atom stereocenters. The molecule has 0 heterocycles. The van der Waals surface area contributed by atoms with Gasteiger partial charge >= 0.3 is 0 Å². The van der Waals surface area contributed by atoms with Crippen LogP contribution in [0.3, 0.4) is 0 Å². The molecule has 0 saturated carbocycles. The Hall–Kier alpha value is -2.86. The van der Waals surface area contributed by atoms with Gasteiger partial charge in [-0.05, 0) is 43.7 Å². The molecule has 3 nitrogen and oxygen atoms in total. The summed E-state index contributed by atoms with van der Waals surface area (Å²) in [7, 11) is 0. The first kappa shape index (κ1) is 15.5. The Morgan fingerprint density at radius 3 is 2.68 bits per heavy atom. The quantitative estimate of drug-likeness (QED) is 0.471. The van der Waals surface area contributed by atoms with Gasteiger partial charge in [-0.25, -0.2) is 0 Å². The molecule has 0 aliphatic carbocycles. The maximum Gasteiger partial charge on any atom is 0.203 e. The summed E-state index contributed by atoms with van der Waals surface area (Å²) in [6, 6.07) is 16.5. The first-order valence-electron chi connectivity index (χ1n) is 7.10. The molecule has 0 N–H and O–H groups in total. The van der Waals surface area contributed by atoms with Crippen LogP contribution in [0.15, 0.2) is 54.1 Å². The van der Waals surface area contributed by atoms with Crippen LogP contribution in [0.1, 0.15) is 28.4 Å². The Balaban J connectivity index is 2.33. The van der Waals surface area contributed by atoms with Crippen molar-refractivity contribution in [2.45, 2.75) is 13.8 Å². The van der Waals surface area contributed by atoms with Crippen molar-refractivity contribution in [3.63, 3.8) is 0 Å². The zero-order valence-electron chi connectivity index (χ0n) is 12.7. The molecule has 0 aromatic heterocycles. The second-order valence-electron chi connectivity index (χ2n) is 4.87. The van der Waals surface area contributed by atoms with Crippen molar-refractivity contribution in [1.29, 1.82) is 5.26 Å². The third-order valence-electron chi connectivity index (χ3n) is 3.13. The van der Waals surface area contributed by atoms with Gasteiger partial charge in [0, 0.05) is 5.56 Å². The number of aryl methyl sites for hydroxylation is 1. The first-order chi connectivity index (χ1) is 10.6. The van der Waals surface area contributed by atoms with Crippen molar-refractivity contribution in [2.24, 2.45) is 0 Å². The van der Waals surface area contributed by atoms with E-state index >= 15 is 0 Å². The van der Waals surface area contributed by atoms with Crippen LogP contribution in [0.4, 0.5) is 0 Å². The average molecular weight is 291 g/mol. The molecule has 22 heavy (non-hydrogen) atoms. The van der Waals surface area contributed by atoms with E-state index in [0.717, 1.165) is 16.9 Å². The van der Waals surface area contributed by atoms with E-state index in [9.17, 15) is 10.1 Å². The fourth-order valence-electron chi connectivity index (χ4n) is 2.12. The fourth-order valence-corrected chi connectivity index (χ4v) is 2.12. The van der Waals surface area contributed by atoms with E-state index in [4.69, 9.17) is 4.74 Å². The van der Waals surface area contributed by atoms with Crippen LogP contribution in [0.5, 0.6) is 5.75 Å². The molecule has 0 atom stereocenters.